The lowest BCUT2D eigenvalue weighted by molar-refractivity contribution is -0.274. The summed E-state index contributed by atoms with van der Waals surface area (Å²) in [7, 11) is 1.02. The molecule has 0 aliphatic carbocycles. The van der Waals surface area contributed by atoms with Gasteiger partial charge < -0.3 is 9.47 Å². The summed E-state index contributed by atoms with van der Waals surface area (Å²) in [6.45, 7) is 3.35. The third-order valence-corrected chi connectivity index (χ3v) is 4.84. The summed E-state index contributed by atoms with van der Waals surface area (Å²) in [5.41, 5.74) is -2.69. The van der Waals surface area contributed by atoms with E-state index >= 15 is 0 Å². The maximum absolute atomic E-state index is 13.9. The van der Waals surface area contributed by atoms with Gasteiger partial charge in [0.05, 0.1) is 7.11 Å². The zero-order valence-corrected chi connectivity index (χ0v) is 13.5. The van der Waals surface area contributed by atoms with Crippen LogP contribution in [0.2, 0.25) is 0 Å². The third kappa shape index (κ3) is 2.66. The average molecular weight is 352 g/mol. The molecular weight excluding hydrogens is 335 g/mol. The molecule has 0 aromatic heterocycles. The molecule has 4 atom stereocenters. The van der Waals surface area contributed by atoms with Crippen molar-refractivity contribution >= 4 is 5.97 Å². The number of rotatable bonds is 2. The third-order valence-electron chi connectivity index (χ3n) is 4.84. The van der Waals surface area contributed by atoms with Crippen molar-refractivity contribution < 1.29 is 36.2 Å². The fraction of sp³-hybridized carbons (Fsp3) is 0.562. The van der Waals surface area contributed by atoms with Crippen LogP contribution in [0.25, 0.3) is 0 Å². The van der Waals surface area contributed by atoms with Crippen LogP contribution < -0.4 is 0 Å². The van der Waals surface area contributed by atoms with Crippen LogP contribution in [0.4, 0.5) is 22.0 Å². The van der Waals surface area contributed by atoms with Gasteiger partial charge in [0.15, 0.2) is 23.3 Å². The Bertz CT molecular complexity index is 658. The smallest absolute Gasteiger partial charge is 0.417 e. The molecule has 0 amide bonds. The second kappa shape index (κ2) is 5.98. The molecule has 1 fully saturated rings. The Morgan fingerprint density at radius 2 is 1.88 bits per heavy atom. The van der Waals surface area contributed by atoms with Crippen molar-refractivity contribution in [3.05, 3.63) is 34.9 Å². The molecule has 8 heteroatoms. The van der Waals surface area contributed by atoms with E-state index in [-0.39, 0.29) is 11.1 Å². The minimum absolute atomic E-state index is 0.0878. The molecule has 0 bridgehead atoms. The number of ether oxygens (including phenoxy) is 2. The Morgan fingerprint density at radius 3 is 2.38 bits per heavy atom. The normalized spacial score (nSPS) is 30.5. The van der Waals surface area contributed by atoms with Crippen LogP contribution in [0.5, 0.6) is 0 Å². The van der Waals surface area contributed by atoms with Crippen LogP contribution in [0.3, 0.4) is 0 Å². The highest BCUT2D eigenvalue weighted by Crippen LogP contribution is 2.53. The van der Waals surface area contributed by atoms with Crippen molar-refractivity contribution in [2.75, 3.05) is 7.11 Å². The van der Waals surface area contributed by atoms with E-state index in [1.165, 1.54) is 19.9 Å². The molecule has 1 heterocycles. The highest BCUT2D eigenvalue weighted by Gasteiger charge is 2.65. The lowest BCUT2D eigenvalue weighted by Crippen LogP contribution is -2.47. The van der Waals surface area contributed by atoms with Gasteiger partial charge in [0.25, 0.3) is 0 Å². The van der Waals surface area contributed by atoms with E-state index in [4.69, 9.17) is 4.74 Å². The number of carbonyl (C=O) groups excluding carboxylic acids is 1. The molecular formula is C16H17F5O3. The van der Waals surface area contributed by atoms with Crippen molar-refractivity contribution in [3.8, 4) is 0 Å². The fourth-order valence-corrected chi connectivity index (χ4v) is 3.15. The Hall–Kier alpha value is -1.70. The summed E-state index contributed by atoms with van der Waals surface area (Å²) in [6, 6.07) is 2.00. The summed E-state index contributed by atoms with van der Waals surface area (Å²) in [5, 5.41) is 0. The molecule has 3 unspecified atom stereocenters. The predicted molar refractivity (Wildman–Crippen MR) is 74.3 cm³/mol. The topological polar surface area (TPSA) is 35.5 Å². The van der Waals surface area contributed by atoms with Gasteiger partial charge in [-0.1, -0.05) is 13.0 Å². The summed E-state index contributed by atoms with van der Waals surface area (Å²) in [5.74, 6) is -5.62. The molecule has 2 rings (SSSR count). The first-order valence-electron chi connectivity index (χ1n) is 7.22. The summed E-state index contributed by atoms with van der Waals surface area (Å²) < 4.78 is 77.1. The Morgan fingerprint density at radius 1 is 1.29 bits per heavy atom. The summed E-state index contributed by atoms with van der Waals surface area (Å²) >= 11 is 0. The average Bonchev–Trinajstić information content (AvgIpc) is 2.78. The summed E-state index contributed by atoms with van der Waals surface area (Å²) in [6.07, 6.45) is -6.32. The lowest BCUT2D eigenvalue weighted by atomic mass is 9.76. The molecule has 134 valence electrons. The van der Waals surface area contributed by atoms with E-state index in [0.29, 0.717) is 0 Å². The SMILES string of the molecule is COC(=O)[C@@H]1OC(C)(C(F)(F)F)C(C)C1c1ccc(F)c(F)c1C. The lowest BCUT2D eigenvalue weighted by Gasteiger charge is -2.32. The van der Waals surface area contributed by atoms with Crippen LogP contribution in [0, 0.1) is 24.5 Å². The number of methoxy groups -OCH3 is 1. The molecule has 1 aromatic carbocycles. The van der Waals surface area contributed by atoms with Gasteiger partial charge in [0, 0.05) is 11.8 Å². The van der Waals surface area contributed by atoms with Crippen molar-refractivity contribution in [2.24, 2.45) is 5.92 Å². The van der Waals surface area contributed by atoms with Gasteiger partial charge in [-0.2, -0.15) is 13.2 Å². The van der Waals surface area contributed by atoms with Gasteiger partial charge in [-0.3, -0.25) is 0 Å². The minimum Gasteiger partial charge on any atom is -0.467 e. The zero-order valence-electron chi connectivity index (χ0n) is 13.5. The standard InChI is InChI=1S/C16H17F5O3/c1-7-9(5-6-10(17)12(7)18)11-8(2)15(3,16(19,20)21)24-13(11)14(22)23-4/h5-6,8,11,13H,1-4H3/t8?,11?,13-,15?/m1/s1. The van der Waals surface area contributed by atoms with E-state index in [9.17, 15) is 26.7 Å². The van der Waals surface area contributed by atoms with Crippen molar-refractivity contribution in [1.82, 2.24) is 0 Å². The van der Waals surface area contributed by atoms with Gasteiger partial charge in [-0.25, -0.2) is 13.6 Å². The monoisotopic (exact) mass is 352 g/mol. The fourth-order valence-electron chi connectivity index (χ4n) is 3.15. The van der Waals surface area contributed by atoms with E-state index in [1.807, 2.05) is 0 Å². The Labute approximate surface area is 135 Å². The quantitative estimate of drug-likeness (QED) is 0.598. The first-order chi connectivity index (χ1) is 11.0. The van der Waals surface area contributed by atoms with Gasteiger partial charge in [-0.15, -0.1) is 0 Å². The van der Waals surface area contributed by atoms with Gasteiger partial charge in [0.1, 0.15) is 0 Å². The van der Waals surface area contributed by atoms with Gasteiger partial charge in [0.2, 0.25) is 0 Å². The molecule has 1 saturated heterocycles. The van der Waals surface area contributed by atoms with E-state index in [2.05, 4.69) is 4.74 Å². The van der Waals surface area contributed by atoms with Gasteiger partial charge in [-0.05, 0) is 31.0 Å². The van der Waals surface area contributed by atoms with Crippen molar-refractivity contribution in [3.63, 3.8) is 0 Å². The molecule has 1 aromatic rings. The maximum atomic E-state index is 13.9. The predicted octanol–water partition coefficient (Wildman–Crippen LogP) is 3.89. The number of alkyl halides is 3. The molecule has 3 nitrogen and oxygen atoms in total. The molecule has 1 aliphatic rings. The van der Waals surface area contributed by atoms with Crippen molar-refractivity contribution in [1.29, 1.82) is 0 Å². The van der Waals surface area contributed by atoms with Crippen LogP contribution in [0.15, 0.2) is 12.1 Å². The van der Waals surface area contributed by atoms with Crippen LogP contribution in [-0.4, -0.2) is 31.0 Å². The van der Waals surface area contributed by atoms with E-state index < -0.39 is 47.3 Å². The molecule has 0 saturated carbocycles. The van der Waals surface area contributed by atoms with Gasteiger partial charge >= 0.3 is 12.1 Å². The summed E-state index contributed by atoms with van der Waals surface area (Å²) in [4.78, 5) is 11.9. The number of esters is 1. The number of carbonyl (C=O) groups is 1. The number of halogens is 5. The zero-order chi connectivity index (χ0) is 18.4. The van der Waals surface area contributed by atoms with Crippen LogP contribution in [-0.2, 0) is 14.3 Å². The minimum atomic E-state index is -4.75. The molecule has 0 N–H and O–H groups in total. The van der Waals surface area contributed by atoms with E-state index in [0.717, 1.165) is 20.1 Å². The second-order valence-corrected chi connectivity index (χ2v) is 6.06. The van der Waals surface area contributed by atoms with E-state index in [1.54, 1.807) is 0 Å². The maximum Gasteiger partial charge on any atom is 0.417 e. The highest BCUT2D eigenvalue weighted by molar-refractivity contribution is 5.77. The number of benzene rings is 1. The Kier molecular flexibility index (Phi) is 4.65. The second-order valence-electron chi connectivity index (χ2n) is 6.06. The molecule has 1 aliphatic heterocycles. The first-order valence-corrected chi connectivity index (χ1v) is 7.22. The number of hydrogen-bond acceptors (Lipinski definition) is 3. The molecule has 0 radical (unpaired) electrons. The number of hydrogen-bond donors (Lipinski definition) is 0. The first kappa shape index (κ1) is 18.6. The largest absolute Gasteiger partial charge is 0.467 e. The highest BCUT2D eigenvalue weighted by atomic mass is 19.4. The van der Waals surface area contributed by atoms with Crippen LogP contribution >= 0.6 is 0 Å². The Balaban J connectivity index is 2.61. The molecule has 24 heavy (non-hydrogen) atoms. The molecule has 0 spiro atoms. The van der Waals surface area contributed by atoms with Crippen molar-refractivity contribution in [2.45, 2.75) is 44.6 Å². The van der Waals surface area contributed by atoms with Crippen LogP contribution in [0.1, 0.15) is 30.9 Å².